The topological polar surface area (TPSA) is 142 Å². The number of urea groups is 1. The number of aromatic nitrogens is 2. The molecule has 0 aliphatic carbocycles. The van der Waals surface area contributed by atoms with Crippen LogP contribution < -0.4 is 16.0 Å². The Hall–Kier alpha value is -3.43. The number of aromatic amines is 1. The molecule has 0 saturated heterocycles. The van der Waals surface area contributed by atoms with Crippen molar-refractivity contribution in [3.8, 4) is 0 Å². The molecular formula is C19H25N5O5. The van der Waals surface area contributed by atoms with Gasteiger partial charge in [0, 0.05) is 17.5 Å². The number of amides is 4. The molecule has 10 heteroatoms. The van der Waals surface area contributed by atoms with Gasteiger partial charge in [0.15, 0.2) is 11.8 Å². The summed E-state index contributed by atoms with van der Waals surface area (Å²) in [5.41, 5.74) is 0.446. The zero-order chi connectivity index (χ0) is 21.6. The van der Waals surface area contributed by atoms with E-state index < -0.39 is 35.5 Å². The smallest absolute Gasteiger partial charge is 0.321 e. The Balaban J connectivity index is 1.75. The van der Waals surface area contributed by atoms with Gasteiger partial charge in [-0.1, -0.05) is 18.2 Å². The average Bonchev–Trinajstić information content (AvgIpc) is 3.04. The lowest BCUT2D eigenvalue weighted by molar-refractivity contribution is -0.154. The van der Waals surface area contributed by atoms with E-state index in [0.717, 1.165) is 5.52 Å². The molecule has 4 amide bonds. The van der Waals surface area contributed by atoms with Crippen molar-refractivity contribution in [3.05, 3.63) is 30.0 Å². The lowest BCUT2D eigenvalue weighted by atomic mass is 10.1. The van der Waals surface area contributed by atoms with E-state index in [0.29, 0.717) is 5.39 Å². The Bertz CT molecular complexity index is 915. The molecule has 0 saturated carbocycles. The fourth-order valence-corrected chi connectivity index (χ4v) is 2.39. The van der Waals surface area contributed by atoms with Crippen molar-refractivity contribution in [2.24, 2.45) is 0 Å². The number of esters is 1. The zero-order valence-electron chi connectivity index (χ0n) is 16.8. The van der Waals surface area contributed by atoms with Gasteiger partial charge < -0.3 is 15.4 Å². The van der Waals surface area contributed by atoms with Gasteiger partial charge in [-0.3, -0.25) is 24.8 Å². The molecule has 1 atom stereocenters. The summed E-state index contributed by atoms with van der Waals surface area (Å²) in [6.07, 6.45) is -1.29. The number of para-hydroxylation sites is 1. The van der Waals surface area contributed by atoms with E-state index >= 15 is 0 Å². The SMILES string of the molecule is CC(OC(=O)CCNC(=O)c1n[nH]c2ccccc12)C(=O)NC(=O)NC(C)(C)C. The second kappa shape index (κ2) is 9.18. The molecular weight excluding hydrogens is 378 g/mol. The van der Waals surface area contributed by atoms with Crippen LogP contribution in [0.2, 0.25) is 0 Å². The minimum atomic E-state index is -1.15. The predicted octanol–water partition coefficient (Wildman–Crippen LogP) is 1.24. The van der Waals surface area contributed by atoms with Crippen LogP contribution in [0.25, 0.3) is 10.9 Å². The van der Waals surface area contributed by atoms with Crippen LogP contribution in [0.15, 0.2) is 24.3 Å². The molecule has 0 aliphatic heterocycles. The average molecular weight is 403 g/mol. The quantitative estimate of drug-likeness (QED) is 0.535. The Morgan fingerprint density at radius 2 is 1.86 bits per heavy atom. The van der Waals surface area contributed by atoms with Crippen molar-refractivity contribution in [3.63, 3.8) is 0 Å². The molecule has 2 aromatic rings. The minimum Gasteiger partial charge on any atom is -0.452 e. The summed E-state index contributed by atoms with van der Waals surface area (Å²) >= 11 is 0. The molecule has 0 spiro atoms. The van der Waals surface area contributed by atoms with Gasteiger partial charge in [0.05, 0.1) is 11.9 Å². The van der Waals surface area contributed by atoms with Gasteiger partial charge in [0.1, 0.15) is 0 Å². The Morgan fingerprint density at radius 3 is 2.55 bits per heavy atom. The van der Waals surface area contributed by atoms with Gasteiger partial charge >= 0.3 is 12.0 Å². The van der Waals surface area contributed by atoms with Crippen LogP contribution in [0.3, 0.4) is 0 Å². The van der Waals surface area contributed by atoms with Gasteiger partial charge in [-0.05, 0) is 33.8 Å². The highest BCUT2D eigenvalue weighted by atomic mass is 16.5. The van der Waals surface area contributed by atoms with Gasteiger partial charge in [0.25, 0.3) is 11.8 Å². The van der Waals surface area contributed by atoms with E-state index in [4.69, 9.17) is 4.74 Å². The summed E-state index contributed by atoms with van der Waals surface area (Å²) in [5.74, 6) is -1.86. The van der Waals surface area contributed by atoms with Crippen molar-refractivity contribution in [2.75, 3.05) is 6.54 Å². The highest BCUT2D eigenvalue weighted by Gasteiger charge is 2.22. The molecule has 10 nitrogen and oxygen atoms in total. The van der Waals surface area contributed by atoms with Crippen LogP contribution in [0.4, 0.5) is 4.79 Å². The van der Waals surface area contributed by atoms with E-state index in [-0.39, 0.29) is 18.7 Å². The number of hydrogen-bond donors (Lipinski definition) is 4. The van der Waals surface area contributed by atoms with Gasteiger partial charge in [0.2, 0.25) is 0 Å². The fraction of sp³-hybridized carbons (Fsp3) is 0.421. The second-order valence-electron chi connectivity index (χ2n) is 7.45. The lowest BCUT2D eigenvalue weighted by Gasteiger charge is -2.21. The van der Waals surface area contributed by atoms with Gasteiger partial charge in [-0.25, -0.2) is 4.79 Å². The van der Waals surface area contributed by atoms with Crippen molar-refractivity contribution < 1.29 is 23.9 Å². The number of hydrogen-bond acceptors (Lipinski definition) is 6. The van der Waals surface area contributed by atoms with Crippen molar-refractivity contribution in [1.82, 2.24) is 26.1 Å². The Morgan fingerprint density at radius 1 is 1.17 bits per heavy atom. The number of rotatable bonds is 6. The van der Waals surface area contributed by atoms with Crippen molar-refractivity contribution in [2.45, 2.75) is 45.8 Å². The Kier molecular flexibility index (Phi) is 6.92. The molecule has 29 heavy (non-hydrogen) atoms. The summed E-state index contributed by atoms with van der Waals surface area (Å²) in [7, 11) is 0. The van der Waals surface area contributed by atoms with E-state index in [1.165, 1.54) is 6.92 Å². The van der Waals surface area contributed by atoms with Crippen molar-refractivity contribution in [1.29, 1.82) is 0 Å². The summed E-state index contributed by atoms with van der Waals surface area (Å²) in [6, 6.07) is 6.49. The number of imide groups is 1. The predicted molar refractivity (Wildman–Crippen MR) is 105 cm³/mol. The third kappa shape index (κ3) is 6.59. The summed E-state index contributed by atoms with van der Waals surface area (Å²) in [6.45, 7) is 6.66. The molecule has 0 aliphatic rings. The summed E-state index contributed by atoms with van der Waals surface area (Å²) < 4.78 is 4.98. The highest BCUT2D eigenvalue weighted by Crippen LogP contribution is 2.14. The molecule has 1 unspecified atom stereocenters. The van der Waals surface area contributed by atoms with Crippen LogP contribution >= 0.6 is 0 Å². The fourth-order valence-electron chi connectivity index (χ4n) is 2.39. The molecule has 0 radical (unpaired) electrons. The lowest BCUT2D eigenvalue weighted by Crippen LogP contribution is -2.50. The van der Waals surface area contributed by atoms with E-state index in [9.17, 15) is 19.2 Å². The molecule has 1 heterocycles. The van der Waals surface area contributed by atoms with Gasteiger partial charge in [-0.2, -0.15) is 5.10 Å². The first-order chi connectivity index (χ1) is 13.6. The number of carbonyl (C=O) groups excluding carboxylic acids is 4. The molecule has 2 rings (SSSR count). The van der Waals surface area contributed by atoms with Crippen LogP contribution in [0.1, 0.15) is 44.6 Å². The number of nitrogens with zero attached hydrogens (tertiary/aromatic N) is 1. The normalized spacial score (nSPS) is 12.1. The molecule has 0 fully saturated rings. The van der Waals surface area contributed by atoms with Gasteiger partial charge in [-0.15, -0.1) is 0 Å². The maximum absolute atomic E-state index is 12.2. The van der Waals surface area contributed by atoms with Crippen LogP contribution in [-0.4, -0.2) is 52.2 Å². The van der Waals surface area contributed by atoms with E-state index in [1.807, 2.05) is 6.07 Å². The summed E-state index contributed by atoms with van der Waals surface area (Å²) in [4.78, 5) is 47.7. The summed E-state index contributed by atoms with van der Waals surface area (Å²) in [5, 5.41) is 14.7. The largest absolute Gasteiger partial charge is 0.452 e. The molecule has 156 valence electrons. The maximum Gasteiger partial charge on any atom is 0.321 e. The molecule has 0 bridgehead atoms. The van der Waals surface area contributed by atoms with Crippen molar-refractivity contribution >= 4 is 34.7 Å². The van der Waals surface area contributed by atoms with Crippen LogP contribution in [-0.2, 0) is 14.3 Å². The number of ether oxygens (including phenoxy) is 1. The van der Waals surface area contributed by atoms with E-state index in [1.54, 1.807) is 39.0 Å². The first-order valence-electron chi connectivity index (χ1n) is 9.10. The molecule has 4 N–H and O–H groups in total. The molecule has 1 aromatic heterocycles. The monoisotopic (exact) mass is 403 g/mol. The first-order valence-corrected chi connectivity index (χ1v) is 9.10. The molecule has 1 aromatic carbocycles. The van der Waals surface area contributed by atoms with Crippen LogP contribution in [0, 0.1) is 0 Å². The number of nitrogens with one attached hydrogen (secondary N) is 4. The third-order valence-electron chi connectivity index (χ3n) is 3.70. The third-order valence-corrected chi connectivity index (χ3v) is 3.70. The number of benzene rings is 1. The Labute approximate surface area is 167 Å². The van der Waals surface area contributed by atoms with Crippen LogP contribution in [0.5, 0.6) is 0 Å². The highest BCUT2D eigenvalue weighted by molar-refractivity contribution is 6.04. The number of H-pyrrole nitrogens is 1. The number of carbonyl (C=O) groups is 4. The maximum atomic E-state index is 12.2. The standard InChI is InChI=1S/C19H25N5O5/c1-11(16(26)21-18(28)22-19(2,3)4)29-14(25)9-10-20-17(27)15-12-7-5-6-8-13(12)23-24-15/h5-8,11H,9-10H2,1-4H3,(H,20,27)(H,23,24)(H2,21,22,26,28). The zero-order valence-corrected chi connectivity index (χ0v) is 16.8. The van der Waals surface area contributed by atoms with E-state index in [2.05, 4.69) is 26.1 Å². The number of fused-ring (bicyclic) bond motifs is 1. The second-order valence-corrected chi connectivity index (χ2v) is 7.45. The first kappa shape index (κ1) is 21.9. The minimum absolute atomic E-state index is 0.0116.